The third-order valence-corrected chi connectivity index (χ3v) is 5.51. The first kappa shape index (κ1) is 22.3. The van der Waals surface area contributed by atoms with Crippen LogP contribution in [0.5, 0.6) is 11.5 Å². The highest BCUT2D eigenvalue weighted by Gasteiger charge is 2.27. The predicted octanol–water partition coefficient (Wildman–Crippen LogP) is 3.56. The van der Waals surface area contributed by atoms with E-state index in [2.05, 4.69) is 30.0 Å². The third kappa shape index (κ3) is 7.19. The summed E-state index contributed by atoms with van der Waals surface area (Å²) in [4.78, 5) is 12.0. The third-order valence-electron chi connectivity index (χ3n) is 5.29. The molecule has 0 spiro atoms. The molecule has 1 aromatic carbocycles. The highest BCUT2D eigenvalue weighted by atomic mass is 32.1. The maximum absolute atomic E-state index is 12.0. The van der Waals surface area contributed by atoms with E-state index in [9.17, 15) is 4.79 Å². The number of carbonyl (C=O) groups excluding carboxylic acids is 1. The Kier molecular flexibility index (Phi) is 9.34. The van der Waals surface area contributed by atoms with Crippen LogP contribution in [0.15, 0.2) is 24.3 Å². The molecule has 28 heavy (non-hydrogen) atoms. The lowest BCUT2D eigenvalue weighted by Gasteiger charge is -2.35. The molecule has 156 valence electrons. The summed E-state index contributed by atoms with van der Waals surface area (Å²) in [5.74, 6) is 2.57. The monoisotopic (exact) mass is 407 g/mol. The number of hydrazine groups is 1. The Morgan fingerprint density at radius 2 is 1.86 bits per heavy atom. The van der Waals surface area contributed by atoms with E-state index < -0.39 is 0 Å². The molecule has 0 bridgehead atoms. The maximum atomic E-state index is 12.0. The molecule has 6 nitrogen and oxygen atoms in total. The van der Waals surface area contributed by atoms with Crippen LogP contribution in [0.4, 0.5) is 0 Å². The van der Waals surface area contributed by atoms with Gasteiger partial charge in [-0.25, -0.2) is 0 Å². The Balaban J connectivity index is 1.62. The number of ether oxygens (including phenoxy) is 2. The molecule has 1 fully saturated rings. The summed E-state index contributed by atoms with van der Waals surface area (Å²) in [6, 6.07) is 7.90. The molecule has 2 rings (SSSR count). The second-order valence-electron chi connectivity index (χ2n) is 7.35. The lowest BCUT2D eigenvalue weighted by atomic mass is 9.78. The molecule has 0 radical (unpaired) electrons. The van der Waals surface area contributed by atoms with Gasteiger partial charge in [-0.05, 0) is 56.0 Å². The normalized spacial score (nSPS) is 21.5. The topological polar surface area (TPSA) is 71.6 Å². The number of amides is 1. The minimum absolute atomic E-state index is 0.115. The zero-order valence-electron chi connectivity index (χ0n) is 17.1. The van der Waals surface area contributed by atoms with E-state index in [0.29, 0.717) is 54.8 Å². The maximum Gasteiger partial charge on any atom is 0.238 e. The van der Waals surface area contributed by atoms with Crippen LogP contribution >= 0.6 is 12.2 Å². The Morgan fingerprint density at radius 3 is 2.57 bits per heavy atom. The number of hydrogen-bond donors (Lipinski definition) is 3. The Bertz CT molecular complexity index is 641. The number of benzene rings is 1. The highest BCUT2D eigenvalue weighted by molar-refractivity contribution is 7.80. The Hall–Kier alpha value is -2.02. The molecule has 1 aliphatic carbocycles. The SMILES string of the molecule is CCOc1ccccc1OCCCC(=O)NNC(=S)N[C@H]1CCC[C@H](C)[C@@H]1C. The van der Waals surface area contributed by atoms with Crippen molar-refractivity contribution >= 4 is 23.2 Å². The van der Waals surface area contributed by atoms with Gasteiger partial charge in [0.15, 0.2) is 16.6 Å². The van der Waals surface area contributed by atoms with Crippen LogP contribution in [0.25, 0.3) is 0 Å². The van der Waals surface area contributed by atoms with Crippen LogP contribution in [0, 0.1) is 11.8 Å². The van der Waals surface area contributed by atoms with E-state index in [1.807, 2.05) is 31.2 Å². The molecule has 0 aromatic heterocycles. The average Bonchev–Trinajstić information content (AvgIpc) is 2.68. The summed E-state index contributed by atoms with van der Waals surface area (Å²) in [6.45, 7) is 7.50. The number of rotatable bonds is 8. The predicted molar refractivity (Wildman–Crippen MR) is 115 cm³/mol. The average molecular weight is 408 g/mol. The van der Waals surface area contributed by atoms with Crippen LogP contribution < -0.4 is 25.6 Å². The first-order chi connectivity index (χ1) is 13.5. The van der Waals surface area contributed by atoms with Crippen molar-refractivity contribution in [3.8, 4) is 11.5 Å². The molecular formula is C21H33N3O3S. The van der Waals surface area contributed by atoms with Gasteiger partial charge in [-0.2, -0.15) is 0 Å². The smallest absolute Gasteiger partial charge is 0.238 e. The van der Waals surface area contributed by atoms with Crippen LogP contribution in [0.1, 0.15) is 52.9 Å². The van der Waals surface area contributed by atoms with E-state index >= 15 is 0 Å². The van der Waals surface area contributed by atoms with Gasteiger partial charge in [0.05, 0.1) is 13.2 Å². The van der Waals surface area contributed by atoms with Crippen LogP contribution in [-0.2, 0) is 4.79 Å². The molecule has 0 unspecified atom stereocenters. The van der Waals surface area contributed by atoms with Crippen molar-refractivity contribution in [2.45, 2.75) is 58.9 Å². The van der Waals surface area contributed by atoms with Crippen molar-refractivity contribution in [1.29, 1.82) is 0 Å². The van der Waals surface area contributed by atoms with Crippen molar-refractivity contribution in [3.63, 3.8) is 0 Å². The molecule has 1 aromatic rings. The van der Waals surface area contributed by atoms with Gasteiger partial charge in [-0.3, -0.25) is 15.6 Å². The summed E-state index contributed by atoms with van der Waals surface area (Å²) in [5, 5.41) is 3.80. The Morgan fingerprint density at radius 1 is 1.14 bits per heavy atom. The van der Waals surface area contributed by atoms with E-state index in [1.165, 1.54) is 12.8 Å². The summed E-state index contributed by atoms with van der Waals surface area (Å²) >= 11 is 5.31. The van der Waals surface area contributed by atoms with E-state index in [1.54, 1.807) is 0 Å². The number of para-hydroxylation sites is 2. The molecule has 1 saturated carbocycles. The first-order valence-corrected chi connectivity index (χ1v) is 10.6. The summed E-state index contributed by atoms with van der Waals surface area (Å²) in [5.41, 5.74) is 5.47. The molecule has 3 N–H and O–H groups in total. The van der Waals surface area contributed by atoms with Crippen molar-refractivity contribution < 1.29 is 14.3 Å². The fraction of sp³-hybridized carbons (Fsp3) is 0.619. The van der Waals surface area contributed by atoms with Gasteiger partial charge in [0, 0.05) is 12.5 Å². The van der Waals surface area contributed by atoms with Gasteiger partial charge in [-0.15, -0.1) is 0 Å². The number of carbonyl (C=O) groups is 1. The van der Waals surface area contributed by atoms with Gasteiger partial charge in [0.2, 0.25) is 5.91 Å². The summed E-state index contributed by atoms with van der Waals surface area (Å²) in [6.07, 6.45) is 4.55. The molecule has 3 atom stereocenters. The molecule has 1 amide bonds. The highest BCUT2D eigenvalue weighted by Crippen LogP contribution is 2.29. The molecule has 0 saturated heterocycles. The van der Waals surface area contributed by atoms with Crippen LogP contribution in [0.3, 0.4) is 0 Å². The number of nitrogens with one attached hydrogen (secondary N) is 3. The molecule has 0 aliphatic heterocycles. The number of hydrogen-bond acceptors (Lipinski definition) is 4. The second kappa shape index (κ2) is 11.7. The molecular weight excluding hydrogens is 374 g/mol. The van der Waals surface area contributed by atoms with Gasteiger partial charge in [-0.1, -0.05) is 38.8 Å². The van der Waals surface area contributed by atoms with Gasteiger partial charge >= 0.3 is 0 Å². The Labute approximate surface area is 173 Å². The fourth-order valence-corrected chi connectivity index (χ4v) is 3.64. The van der Waals surface area contributed by atoms with E-state index in [-0.39, 0.29) is 5.91 Å². The van der Waals surface area contributed by atoms with Crippen LogP contribution in [-0.4, -0.2) is 30.3 Å². The van der Waals surface area contributed by atoms with E-state index in [0.717, 1.165) is 12.2 Å². The zero-order chi connectivity index (χ0) is 20.4. The molecule has 7 heteroatoms. The minimum atomic E-state index is -0.115. The lowest BCUT2D eigenvalue weighted by molar-refractivity contribution is -0.121. The summed E-state index contributed by atoms with van der Waals surface area (Å²) < 4.78 is 11.2. The van der Waals surface area contributed by atoms with Gasteiger partial charge in [0.1, 0.15) is 0 Å². The molecule has 0 heterocycles. The van der Waals surface area contributed by atoms with Crippen molar-refractivity contribution in [2.75, 3.05) is 13.2 Å². The van der Waals surface area contributed by atoms with Crippen molar-refractivity contribution in [3.05, 3.63) is 24.3 Å². The fourth-order valence-electron chi connectivity index (χ4n) is 3.44. The second-order valence-corrected chi connectivity index (χ2v) is 7.76. The van der Waals surface area contributed by atoms with E-state index in [4.69, 9.17) is 21.7 Å². The first-order valence-electron chi connectivity index (χ1n) is 10.2. The van der Waals surface area contributed by atoms with Crippen molar-refractivity contribution in [1.82, 2.24) is 16.2 Å². The lowest BCUT2D eigenvalue weighted by Crippen LogP contribution is -2.52. The molecule has 1 aliphatic rings. The van der Waals surface area contributed by atoms with Gasteiger partial charge < -0.3 is 14.8 Å². The van der Waals surface area contributed by atoms with Crippen molar-refractivity contribution in [2.24, 2.45) is 11.8 Å². The zero-order valence-corrected chi connectivity index (χ0v) is 17.9. The summed E-state index contributed by atoms with van der Waals surface area (Å²) in [7, 11) is 0. The van der Waals surface area contributed by atoms with Gasteiger partial charge in [0.25, 0.3) is 0 Å². The standard InChI is InChI=1S/C21H33N3O3S/c1-4-26-18-11-5-6-12-19(18)27-14-8-13-20(25)23-24-21(28)22-17-10-7-9-15(2)16(17)3/h5-6,11-12,15-17H,4,7-10,13-14H2,1-3H3,(H,23,25)(H2,22,24,28)/t15-,16-,17-/m0/s1. The minimum Gasteiger partial charge on any atom is -0.490 e. The quantitative estimate of drug-likeness (QED) is 0.348. The van der Waals surface area contributed by atoms with Crippen LogP contribution in [0.2, 0.25) is 0 Å². The largest absolute Gasteiger partial charge is 0.490 e. The number of thiocarbonyl (C=S) groups is 1.